The predicted molar refractivity (Wildman–Crippen MR) is 47.4 cm³/mol. The first kappa shape index (κ1) is 8.37. The van der Waals surface area contributed by atoms with Gasteiger partial charge in [0.1, 0.15) is 0 Å². The molecule has 2 nitrogen and oxygen atoms in total. The fourth-order valence-corrected chi connectivity index (χ4v) is 1.97. The highest BCUT2D eigenvalue weighted by molar-refractivity contribution is 7.99. The summed E-state index contributed by atoms with van der Waals surface area (Å²) in [5.41, 5.74) is 0. The standard InChI is InChI=1S/C4H8S.C3H8N2/c1-2-4-5-3-1;1-2-5-3-4-1/h1-4H2;4-5H,1-3H2. The smallest absolute Gasteiger partial charge is 0.0455 e. The van der Waals surface area contributed by atoms with Crippen LogP contribution in [0.5, 0.6) is 0 Å². The van der Waals surface area contributed by atoms with Crippen molar-refractivity contribution in [2.75, 3.05) is 31.3 Å². The van der Waals surface area contributed by atoms with Gasteiger partial charge < -0.3 is 10.6 Å². The van der Waals surface area contributed by atoms with E-state index in [9.17, 15) is 0 Å². The van der Waals surface area contributed by atoms with Crippen molar-refractivity contribution in [2.24, 2.45) is 0 Å². The Labute approximate surface area is 67.1 Å². The number of rotatable bonds is 0. The first-order valence-corrected chi connectivity index (χ1v) is 5.15. The highest BCUT2D eigenvalue weighted by atomic mass is 32.2. The zero-order valence-corrected chi connectivity index (χ0v) is 7.17. The summed E-state index contributed by atoms with van der Waals surface area (Å²) < 4.78 is 0. The van der Waals surface area contributed by atoms with Crippen molar-refractivity contribution >= 4 is 11.8 Å². The van der Waals surface area contributed by atoms with Gasteiger partial charge in [0.25, 0.3) is 0 Å². The van der Waals surface area contributed by atoms with Crippen molar-refractivity contribution < 1.29 is 0 Å². The Bertz CT molecular complexity index is 44.8. The van der Waals surface area contributed by atoms with E-state index in [0.717, 1.165) is 19.8 Å². The van der Waals surface area contributed by atoms with Crippen LogP contribution in [-0.2, 0) is 0 Å². The average molecular weight is 160 g/mol. The zero-order chi connectivity index (χ0) is 7.07. The Morgan fingerprint density at radius 2 is 1.50 bits per heavy atom. The second-order valence-electron chi connectivity index (χ2n) is 2.50. The summed E-state index contributed by atoms with van der Waals surface area (Å²) in [5, 5.41) is 6.22. The number of nitrogens with one attached hydrogen (secondary N) is 2. The van der Waals surface area contributed by atoms with Crippen LogP contribution < -0.4 is 10.6 Å². The minimum absolute atomic E-state index is 1.00. The summed E-state index contributed by atoms with van der Waals surface area (Å²) in [5.74, 6) is 2.83. The van der Waals surface area contributed by atoms with Crippen LogP contribution in [0.2, 0.25) is 0 Å². The van der Waals surface area contributed by atoms with Gasteiger partial charge in [0.15, 0.2) is 0 Å². The fourth-order valence-electron chi connectivity index (χ4n) is 0.952. The average Bonchev–Trinajstić information content (AvgIpc) is 2.67. The van der Waals surface area contributed by atoms with Crippen molar-refractivity contribution in [1.29, 1.82) is 0 Å². The number of hydrogen-bond donors (Lipinski definition) is 2. The van der Waals surface area contributed by atoms with Gasteiger partial charge in [-0.15, -0.1) is 0 Å². The van der Waals surface area contributed by atoms with Gasteiger partial charge in [-0.1, -0.05) is 0 Å². The van der Waals surface area contributed by atoms with Crippen LogP contribution in [0.4, 0.5) is 0 Å². The third-order valence-corrected chi connectivity index (χ3v) is 2.71. The second-order valence-corrected chi connectivity index (χ2v) is 3.72. The molecule has 0 aromatic carbocycles. The van der Waals surface area contributed by atoms with Crippen molar-refractivity contribution in [3.05, 3.63) is 0 Å². The van der Waals surface area contributed by atoms with E-state index < -0.39 is 0 Å². The van der Waals surface area contributed by atoms with Crippen LogP contribution in [0, 0.1) is 0 Å². The van der Waals surface area contributed by atoms with E-state index in [-0.39, 0.29) is 0 Å². The van der Waals surface area contributed by atoms with Crippen LogP contribution in [0.15, 0.2) is 0 Å². The molecule has 0 unspecified atom stereocenters. The van der Waals surface area contributed by atoms with Gasteiger partial charge in [-0.05, 0) is 24.3 Å². The van der Waals surface area contributed by atoms with E-state index in [0.29, 0.717) is 0 Å². The molecule has 2 rings (SSSR count). The quantitative estimate of drug-likeness (QED) is 0.544. The lowest BCUT2D eigenvalue weighted by molar-refractivity contribution is 0.807. The van der Waals surface area contributed by atoms with Crippen LogP contribution in [0.25, 0.3) is 0 Å². The summed E-state index contributed by atoms with van der Waals surface area (Å²) >= 11 is 2.07. The Balaban J connectivity index is 0.0000001000. The molecule has 0 aromatic rings. The molecule has 10 heavy (non-hydrogen) atoms. The predicted octanol–water partition coefficient (Wildman–Crippen LogP) is 0.650. The van der Waals surface area contributed by atoms with Gasteiger partial charge in [0.05, 0.1) is 0 Å². The molecule has 2 aliphatic rings. The van der Waals surface area contributed by atoms with Crippen molar-refractivity contribution in [2.45, 2.75) is 12.8 Å². The van der Waals surface area contributed by atoms with Crippen molar-refractivity contribution in [3.63, 3.8) is 0 Å². The lowest BCUT2D eigenvalue weighted by Crippen LogP contribution is -2.11. The minimum atomic E-state index is 1.00. The molecular formula is C7H16N2S. The van der Waals surface area contributed by atoms with Crippen LogP contribution >= 0.6 is 11.8 Å². The molecule has 0 saturated carbocycles. The number of hydrogen-bond acceptors (Lipinski definition) is 3. The molecule has 2 fully saturated rings. The highest BCUT2D eigenvalue weighted by Crippen LogP contribution is 2.14. The van der Waals surface area contributed by atoms with E-state index in [2.05, 4.69) is 22.4 Å². The first-order chi connectivity index (χ1) is 5.00. The molecule has 0 radical (unpaired) electrons. The van der Waals surface area contributed by atoms with Crippen LogP contribution in [-0.4, -0.2) is 31.3 Å². The summed E-state index contributed by atoms with van der Waals surface area (Å²) in [4.78, 5) is 0. The van der Waals surface area contributed by atoms with Crippen LogP contribution in [0.1, 0.15) is 12.8 Å². The van der Waals surface area contributed by atoms with Gasteiger partial charge in [-0.25, -0.2) is 0 Å². The molecule has 2 N–H and O–H groups in total. The summed E-state index contributed by atoms with van der Waals surface area (Å²) in [7, 11) is 0. The normalized spacial score (nSPS) is 24.0. The fraction of sp³-hybridized carbons (Fsp3) is 1.00. The van der Waals surface area contributed by atoms with E-state index in [1.54, 1.807) is 0 Å². The third-order valence-electron chi connectivity index (χ3n) is 1.56. The van der Waals surface area contributed by atoms with Gasteiger partial charge in [-0.3, -0.25) is 0 Å². The Morgan fingerprint density at radius 3 is 1.70 bits per heavy atom. The van der Waals surface area contributed by atoms with Gasteiger partial charge in [-0.2, -0.15) is 11.8 Å². The molecule has 0 bridgehead atoms. The van der Waals surface area contributed by atoms with Crippen molar-refractivity contribution in [1.82, 2.24) is 10.6 Å². The molecule has 0 aromatic heterocycles. The molecular weight excluding hydrogens is 144 g/mol. The van der Waals surface area contributed by atoms with Gasteiger partial charge >= 0.3 is 0 Å². The molecule has 2 aliphatic heterocycles. The molecule has 2 saturated heterocycles. The maximum atomic E-state index is 3.11. The molecule has 2 heterocycles. The van der Waals surface area contributed by atoms with Crippen molar-refractivity contribution in [3.8, 4) is 0 Å². The van der Waals surface area contributed by atoms with E-state index in [1.165, 1.54) is 24.3 Å². The molecule has 60 valence electrons. The lowest BCUT2D eigenvalue weighted by Gasteiger charge is -1.77. The van der Waals surface area contributed by atoms with E-state index in [1.807, 2.05) is 0 Å². The monoisotopic (exact) mass is 160 g/mol. The van der Waals surface area contributed by atoms with Gasteiger partial charge in [0.2, 0.25) is 0 Å². The Morgan fingerprint density at radius 1 is 0.900 bits per heavy atom. The van der Waals surface area contributed by atoms with E-state index in [4.69, 9.17) is 0 Å². The molecule has 0 aliphatic carbocycles. The topological polar surface area (TPSA) is 24.1 Å². The summed E-state index contributed by atoms with van der Waals surface area (Å²) in [6.45, 7) is 3.28. The zero-order valence-electron chi connectivity index (χ0n) is 6.36. The molecule has 3 heteroatoms. The Hall–Kier alpha value is 0.270. The molecule has 0 spiro atoms. The van der Waals surface area contributed by atoms with Gasteiger partial charge in [0, 0.05) is 19.8 Å². The largest absolute Gasteiger partial charge is 0.303 e. The maximum absolute atomic E-state index is 3.11. The Kier molecular flexibility index (Phi) is 5.03. The summed E-state index contributed by atoms with van der Waals surface area (Å²) in [6.07, 6.45) is 2.93. The van der Waals surface area contributed by atoms with Crippen LogP contribution in [0.3, 0.4) is 0 Å². The molecule has 0 atom stereocenters. The minimum Gasteiger partial charge on any atom is -0.303 e. The number of thioether (sulfide) groups is 1. The summed E-state index contributed by atoms with van der Waals surface area (Å²) in [6, 6.07) is 0. The lowest BCUT2D eigenvalue weighted by atomic mass is 10.4. The second kappa shape index (κ2) is 6.01. The highest BCUT2D eigenvalue weighted by Gasteiger charge is 1.95. The van der Waals surface area contributed by atoms with E-state index >= 15 is 0 Å². The third kappa shape index (κ3) is 4.14. The molecule has 0 amide bonds. The SMILES string of the molecule is C1CCSC1.C1CNCN1. The first-order valence-electron chi connectivity index (χ1n) is 3.99. The maximum Gasteiger partial charge on any atom is 0.0455 e.